The largest absolute Gasteiger partial charge is 0.398 e. The lowest BCUT2D eigenvalue weighted by atomic mass is 10.1. The fourth-order valence-electron chi connectivity index (χ4n) is 1.15. The number of hydrogen-bond donors (Lipinski definition) is 2. The van der Waals surface area contributed by atoms with Gasteiger partial charge in [0.1, 0.15) is 5.82 Å². The Labute approximate surface area is 83.6 Å². The summed E-state index contributed by atoms with van der Waals surface area (Å²) in [5.74, 6) is -0.239. The molecule has 0 heterocycles. The van der Waals surface area contributed by atoms with Gasteiger partial charge in [-0.05, 0) is 26.1 Å². The minimum absolute atomic E-state index is 0.239. The van der Waals surface area contributed by atoms with Gasteiger partial charge in [0.25, 0.3) is 0 Å². The maximum atomic E-state index is 13.5. The molecule has 76 valence electrons. The first-order valence-corrected chi connectivity index (χ1v) is 4.52. The average Bonchev–Trinajstić information content (AvgIpc) is 2.18. The van der Waals surface area contributed by atoms with Gasteiger partial charge in [0.15, 0.2) is 0 Å². The van der Waals surface area contributed by atoms with E-state index in [1.54, 1.807) is 25.1 Å². The summed E-state index contributed by atoms with van der Waals surface area (Å²) in [6.07, 6.45) is 3.62. The van der Waals surface area contributed by atoms with Crippen LogP contribution in [0.1, 0.15) is 11.1 Å². The molecule has 3 N–H and O–H groups in total. The molecule has 0 aliphatic heterocycles. The highest BCUT2D eigenvalue weighted by Crippen LogP contribution is 2.19. The predicted octanol–water partition coefficient (Wildman–Crippen LogP) is 1.95. The van der Waals surface area contributed by atoms with E-state index in [0.29, 0.717) is 16.8 Å². The van der Waals surface area contributed by atoms with Crippen LogP contribution in [-0.2, 0) is 0 Å². The van der Waals surface area contributed by atoms with Gasteiger partial charge >= 0.3 is 0 Å². The molecular weight excluding hydrogens is 179 g/mol. The zero-order valence-corrected chi connectivity index (χ0v) is 8.47. The molecule has 1 aromatic carbocycles. The molecule has 0 amide bonds. The third-order valence-corrected chi connectivity index (χ3v) is 2.08. The second kappa shape index (κ2) is 4.77. The van der Waals surface area contributed by atoms with Gasteiger partial charge in [-0.3, -0.25) is 0 Å². The molecule has 0 fully saturated rings. The van der Waals surface area contributed by atoms with Crippen molar-refractivity contribution in [2.45, 2.75) is 6.92 Å². The van der Waals surface area contributed by atoms with Crippen LogP contribution in [0.3, 0.4) is 0 Å². The quantitative estimate of drug-likeness (QED) is 0.722. The standard InChI is InChI=1S/C11H15FN2/c1-8-10(13)6-5-9(11(8)12)4-3-7-14-2/h3-6,14H,7,13H2,1-2H3. The van der Waals surface area contributed by atoms with E-state index in [4.69, 9.17) is 5.73 Å². The molecule has 0 unspecified atom stereocenters. The molecule has 0 aromatic heterocycles. The topological polar surface area (TPSA) is 38.0 Å². The predicted molar refractivity (Wildman–Crippen MR) is 58.5 cm³/mol. The van der Waals surface area contributed by atoms with Crippen molar-refractivity contribution in [2.24, 2.45) is 0 Å². The summed E-state index contributed by atoms with van der Waals surface area (Å²) in [5, 5.41) is 2.95. The van der Waals surface area contributed by atoms with Crippen LogP contribution < -0.4 is 11.1 Å². The first kappa shape index (κ1) is 10.7. The van der Waals surface area contributed by atoms with E-state index < -0.39 is 0 Å². The number of halogens is 1. The van der Waals surface area contributed by atoms with Gasteiger partial charge in [0.05, 0.1) is 0 Å². The van der Waals surface area contributed by atoms with Crippen molar-refractivity contribution in [1.29, 1.82) is 0 Å². The van der Waals surface area contributed by atoms with E-state index in [1.165, 1.54) is 0 Å². The van der Waals surface area contributed by atoms with E-state index in [9.17, 15) is 4.39 Å². The number of nitrogens with two attached hydrogens (primary N) is 1. The third-order valence-electron chi connectivity index (χ3n) is 2.08. The Kier molecular flexibility index (Phi) is 3.65. The Bertz CT molecular complexity index is 345. The number of rotatable bonds is 3. The number of hydrogen-bond acceptors (Lipinski definition) is 2. The van der Waals surface area contributed by atoms with Crippen LogP contribution in [0.15, 0.2) is 18.2 Å². The molecule has 0 saturated heterocycles. The van der Waals surface area contributed by atoms with Crippen LogP contribution in [-0.4, -0.2) is 13.6 Å². The number of likely N-dealkylation sites (N-methyl/N-ethyl adjacent to an activating group) is 1. The molecule has 2 nitrogen and oxygen atoms in total. The van der Waals surface area contributed by atoms with Crippen molar-refractivity contribution < 1.29 is 4.39 Å². The molecule has 0 saturated carbocycles. The fraction of sp³-hybridized carbons (Fsp3) is 0.273. The van der Waals surface area contributed by atoms with Crippen LogP contribution >= 0.6 is 0 Å². The molecule has 1 aromatic rings. The molecule has 0 atom stereocenters. The van der Waals surface area contributed by atoms with Gasteiger partial charge in [0, 0.05) is 23.4 Å². The van der Waals surface area contributed by atoms with Gasteiger partial charge in [-0.25, -0.2) is 4.39 Å². The molecule has 1 rings (SSSR count). The minimum Gasteiger partial charge on any atom is -0.398 e. The van der Waals surface area contributed by atoms with Crippen LogP contribution in [0.2, 0.25) is 0 Å². The Morgan fingerprint density at radius 3 is 2.86 bits per heavy atom. The number of nitrogens with one attached hydrogen (secondary N) is 1. The summed E-state index contributed by atoms with van der Waals surface area (Å²) in [7, 11) is 1.84. The van der Waals surface area contributed by atoms with Gasteiger partial charge in [0.2, 0.25) is 0 Å². The van der Waals surface area contributed by atoms with Crippen molar-refractivity contribution >= 4 is 11.8 Å². The summed E-state index contributed by atoms with van der Waals surface area (Å²) in [5.41, 5.74) is 7.15. The van der Waals surface area contributed by atoms with Crippen LogP contribution in [0, 0.1) is 12.7 Å². The molecule has 14 heavy (non-hydrogen) atoms. The van der Waals surface area contributed by atoms with Crippen LogP contribution in [0.25, 0.3) is 6.08 Å². The Hall–Kier alpha value is -1.35. The number of nitrogen functional groups attached to an aromatic ring is 1. The summed E-state index contributed by atoms with van der Waals surface area (Å²) in [6, 6.07) is 3.40. The first-order valence-electron chi connectivity index (χ1n) is 4.52. The second-order valence-corrected chi connectivity index (χ2v) is 3.14. The second-order valence-electron chi connectivity index (χ2n) is 3.14. The summed E-state index contributed by atoms with van der Waals surface area (Å²) >= 11 is 0. The van der Waals surface area contributed by atoms with E-state index in [0.717, 1.165) is 6.54 Å². The normalized spacial score (nSPS) is 11.1. The summed E-state index contributed by atoms with van der Waals surface area (Å²) < 4.78 is 13.5. The number of benzene rings is 1. The third kappa shape index (κ3) is 2.33. The molecule has 0 bridgehead atoms. The van der Waals surface area contributed by atoms with E-state index in [-0.39, 0.29) is 5.82 Å². The van der Waals surface area contributed by atoms with Gasteiger partial charge < -0.3 is 11.1 Å². The Balaban J connectivity index is 2.94. The van der Waals surface area contributed by atoms with Gasteiger partial charge in [-0.2, -0.15) is 0 Å². The fourth-order valence-corrected chi connectivity index (χ4v) is 1.15. The van der Waals surface area contributed by atoms with Gasteiger partial charge in [-0.15, -0.1) is 0 Å². The molecule has 3 heteroatoms. The lowest BCUT2D eigenvalue weighted by Gasteiger charge is -2.04. The van der Waals surface area contributed by atoms with E-state index in [1.807, 2.05) is 13.1 Å². The minimum atomic E-state index is -0.239. The van der Waals surface area contributed by atoms with Crippen LogP contribution in [0.4, 0.5) is 10.1 Å². The SMILES string of the molecule is CNCC=Cc1ccc(N)c(C)c1F. The zero-order valence-electron chi connectivity index (χ0n) is 8.47. The Morgan fingerprint density at radius 1 is 1.50 bits per heavy atom. The highest BCUT2D eigenvalue weighted by atomic mass is 19.1. The molecule has 0 aliphatic carbocycles. The summed E-state index contributed by atoms with van der Waals surface area (Å²) in [6.45, 7) is 2.41. The zero-order chi connectivity index (χ0) is 10.6. The van der Waals surface area contributed by atoms with Crippen molar-refractivity contribution in [3.05, 3.63) is 35.2 Å². The van der Waals surface area contributed by atoms with Gasteiger partial charge in [-0.1, -0.05) is 12.2 Å². The smallest absolute Gasteiger partial charge is 0.135 e. The Morgan fingerprint density at radius 2 is 2.21 bits per heavy atom. The van der Waals surface area contributed by atoms with E-state index in [2.05, 4.69) is 5.32 Å². The maximum absolute atomic E-state index is 13.5. The lowest BCUT2D eigenvalue weighted by molar-refractivity contribution is 0.616. The molecular formula is C11H15FN2. The van der Waals surface area contributed by atoms with Crippen LogP contribution in [0.5, 0.6) is 0 Å². The lowest BCUT2D eigenvalue weighted by Crippen LogP contribution is -2.03. The highest BCUT2D eigenvalue weighted by molar-refractivity contribution is 5.58. The van der Waals surface area contributed by atoms with Crippen molar-refractivity contribution in [2.75, 3.05) is 19.3 Å². The molecule has 0 aliphatic rings. The number of anilines is 1. The highest BCUT2D eigenvalue weighted by Gasteiger charge is 2.04. The van der Waals surface area contributed by atoms with Crippen molar-refractivity contribution in [3.63, 3.8) is 0 Å². The average molecular weight is 194 g/mol. The first-order chi connectivity index (χ1) is 6.66. The van der Waals surface area contributed by atoms with Crippen molar-refractivity contribution in [3.8, 4) is 0 Å². The molecule has 0 spiro atoms. The maximum Gasteiger partial charge on any atom is 0.135 e. The summed E-state index contributed by atoms with van der Waals surface area (Å²) in [4.78, 5) is 0. The van der Waals surface area contributed by atoms with Crippen molar-refractivity contribution in [1.82, 2.24) is 5.32 Å². The van der Waals surface area contributed by atoms with E-state index >= 15 is 0 Å². The monoisotopic (exact) mass is 194 g/mol. The molecule has 0 radical (unpaired) electrons.